The lowest BCUT2D eigenvalue weighted by Gasteiger charge is -2.03. The maximum atomic E-state index is 11.6. The van der Waals surface area contributed by atoms with Gasteiger partial charge in [0, 0.05) is 6.20 Å². The predicted molar refractivity (Wildman–Crippen MR) is 72.6 cm³/mol. The highest BCUT2D eigenvalue weighted by molar-refractivity contribution is 6.29. The summed E-state index contributed by atoms with van der Waals surface area (Å²) in [6.07, 6.45) is 6.33. The Bertz CT molecular complexity index is 800. The molecule has 100 valence electrons. The van der Waals surface area contributed by atoms with E-state index < -0.39 is 5.97 Å². The van der Waals surface area contributed by atoms with Crippen LogP contribution in [0.15, 0.2) is 36.9 Å². The molecule has 0 aromatic carbocycles. The van der Waals surface area contributed by atoms with Crippen molar-refractivity contribution in [1.29, 1.82) is 0 Å². The molecule has 0 saturated carbocycles. The van der Waals surface area contributed by atoms with Crippen LogP contribution in [0.2, 0.25) is 5.15 Å². The van der Waals surface area contributed by atoms with Gasteiger partial charge >= 0.3 is 5.97 Å². The van der Waals surface area contributed by atoms with Crippen LogP contribution < -0.4 is 0 Å². The van der Waals surface area contributed by atoms with Gasteiger partial charge in [0.15, 0.2) is 0 Å². The first-order valence-electron chi connectivity index (χ1n) is 5.72. The Balaban J connectivity index is 2.19. The number of nitrogens with zero attached hydrogens (tertiary/aromatic N) is 4. The molecule has 7 heteroatoms. The molecule has 0 aliphatic rings. The Morgan fingerprint density at radius 3 is 2.90 bits per heavy atom. The number of fused-ring (bicyclic) bond motifs is 1. The number of methoxy groups -OCH3 is 1. The van der Waals surface area contributed by atoms with E-state index in [4.69, 9.17) is 16.3 Å². The smallest absolute Gasteiger partial charge is 0.339 e. The topological polar surface area (TPSA) is 69.4 Å². The molecule has 20 heavy (non-hydrogen) atoms. The molecule has 0 aliphatic carbocycles. The molecule has 0 fully saturated rings. The normalized spacial score (nSPS) is 10.7. The third kappa shape index (κ3) is 2.10. The first-order chi connectivity index (χ1) is 9.69. The molecule has 0 atom stereocenters. The van der Waals surface area contributed by atoms with Crippen molar-refractivity contribution < 1.29 is 9.53 Å². The SMILES string of the molecule is COC(=O)c1ccc2ncc(-c3cncc(Cl)n3)n2c1. The molecule has 0 saturated heterocycles. The lowest BCUT2D eigenvalue weighted by molar-refractivity contribution is 0.0600. The summed E-state index contributed by atoms with van der Waals surface area (Å²) in [5.41, 5.74) is 2.39. The van der Waals surface area contributed by atoms with Crippen molar-refractivity contribution in [3.05, 3.63) is 47.6 Å². The zero-order valence-corrected chi connectivity index (χ0v) is 11.2. The molecular formula is C13H9ClN4O2. The summed E-state index contributed by atoms with van der Waals surface area (Å²) in [4.78, 5) is 24.0. The molecule has 3 aromatic heterocycles. The maximum Gasteiger partial charge on any atom is 0.339 e. The summed E-state index contributed by atoms with van der Waals surface area (Å²) in [6.45, 7) is 0. The summed E-state index contributed by atoms with van der Waals surface area (Å²) in [5, 5.41) is 0.293. The van der Waals surface area contributed by atoms with E-state index in [1.807, 2.05) is 0 Å². The number of imidazole rings is 1. The van der Waals surface area contributed by atoms with Gasteiger partial charge in [0.05, 0.1) is 37.0 Å². The number of carbonyl (C=O) groups is 1. The number of halogens is 1. The lowest BCUT2D eigenvalue weighted by Crippen LogP contribution is -2.03. The Morgan fingerprint density at radius 1 is 1.30 bits per heavy atom. The van der Waals surface area contributed by atoms with E-state index in [0.717, 1.165) is 0 Å². The van der Waals surface area contributed by atoms with Crippen LogP contribution in [-0.2, 0) is 4.74 Å². The molecule has 0 unspecified atom stereocenters. The van der Waals surface area contributed by atoms with Crippen LogP contribution in [0.4, 0.5) is 0 Å². The van der Waals surface area contributed by atoms with E-state index in [2.05, 4.69) is 15.0 Å². The summed E-state index contributed by atoms with van der Waals surface area (Å²) in [5.74, 6) is -0.413. The highest BCUT2D eigenvalue weighted by Gasteiger charge is 2.11. The fourth-order valence-electron chi connectivity index (χ4n) is 1.87. The van der Waals surface area contributed by atoms with Crippen LogP contribution in [0.1, 0.15) is 10.4 Å². The standard InChI is InChI=1S/C13H9ClN4O2/c1-20-13(19)8-2-3-12-16-5-10(18(12)7-8)9-4-15-6-11(14)17-9/h2-7H,1H3. The number of hydrogen-bond acceptors (Lipinski definition) is 5. The van der Waals surface area contributed by atoms with Crippen molar-refractivity contribution in [1.82, 2.24) is 19.4 Å². The second kappa shape index (κ2) is 4.90. The van der Waals surface area contributed by atoms with E-state index in [-0.39, 0.29) is 0 Å². The second-order valence-electron chi connectivity index (χ2n) is 4.01. The molecule has 0 N–H and O–H groups in total. The van der Waals surface area contributed by atoms with Gasteiger partial charge in [-0.25, -0.2) is 14.8 Å². The minimum absolute atomic E-state index is 0.293. The number of hydrogen-bond donors (Lipinski definition) is 0. The molecule has 3 rings (SSSR count). The summed E-state index contributed by atoms with van der Waals surface area (Å²) in [6, 6.07) is 3.38. The summed E-state index contributed by atoms with van der Waals surface area (Å²) < 4.78 is 6.45. The van der Waals surface area contributed by atoms with Crippen LogP contribution in [0.25, 0.3) is 17.0 Å². The highest BCUT2D eigenvalue weighted by Crippen LogP contribution is 2.20. The summed E-state index contributed by atoms with van der Waals surface area (Å²) in [7, 11) is 1.34. The van der Waals surface area contributed by atoms with Gasteiger partial charge in [0.1, 0.15) is 16.5 Å². The van der Waals surface area contributed by atoms with Crippen molar-refractivity contribution in [3.63, 3.8) is 0 Å². The van der Waals surface area contributed by atoms with Crippen molar-refractivity contribution >= 4 is 23.2 Å². The van der Waals surface area contributed by atoms with Crippen LogP contribution in [0, 0.1) is 0 Å². The molecule has 0 bridgehead atoms. The van der Waals surface area contributed by atoms with Gasteiger partial charge in [-0.1, -0.05) is 11.6 Å². The number of aromatic nitrogens is 4. The van der Waals surface area contributed by atoms with Crippen LogP contribution >= 0.6 is 11.6 Å². The lowest BCUT2D eigenvalue weighted by atomic mass is 10.3. The van der Waals surface area contributed by atoms with Crippen molar-refractivity contribution in [2.45, 2.75) is 0 Å². The van der Waals surface area contributed by atoms with Gasteiger partial charge in [-0.2, -0.15) is 0 Å². The van der Waals surface area contributed by atoms with Crippen molar-refractivity contribution in [2.75, 3.05) is 7.11 Å². The average Bonchev–Trinajstić information content (AvgIpc) is 2.89. The Morgan fingerprint density at radius 2 is 2.15 bits per heavy atom. The monoisotopic (exact) mass is 288 g/mol. The number of rotatable bonds is 2. The number of ether oxygens (including phenoxy) is 1. The zero-order valence-electron chi connectivity index (χ0n) is 10.4. The molecular weight excluding hydrogens is 280 g/mol. The highest BCUT2D eigenvalue weighted by atomic mass is 35.5. The zero-order chi connectivity index (χ0) is 14.1. The van der Waals surface area contributed by atoms with Crippen molar-refractivity contribution in [3.8, 4) is 11.4 Å². The summed E-state index contributed by atoms with van der Waals surface area (Å²) >= 11 is 5.84. The van der Waals surface area contributed by atoms with Gasteiger partial charge in [-0.15, -0.1) is 0 Å². The fraction of sp³-hybridized carbons (Fsp3) is 0.0769. The first-order valence-corrected chi connectivity index (χ1v) is 6.10. The molecule has 6 nitrogen and oxygen atoms in total. The number of esters is 1. The van der Waals surface area contributed by atoms with Crippen LogP contribution in [0.5, 0.6) is 0 Å². The van der Waals surface area contributed by atoms with E-state index in [1.165, 1.54) is 13.3 Å². The molecule has 3 aromatic rings. The largest absolute Gasteiger partial charge is 0.465 e. The Hall–Kier alpha value is -2.47. The molecule has 0 spiro atoms. The van der Waals surface area contributed by atoms with Crippen LogP contribution in [0.3, 0.4) is 0 Å². The fourth-order valence-corrected chi connectivity index (χ4v) is 2.02. The van der Waals surface area contributed by atoms with E-state index in [9.17, 15) is 4.79 Å². The maximum absolute atomic E-state index is 11.6. The van der Waals surface area contributed by atoms with Gasteiger partial charge in [-0.3, -0.25) is 9.38 Å². The van der Waals surface area contributed by atoms with E-state index in [1.54, 1.807) is 35.1 Å². The Kier molecular flexibility index (Phi) is 3.08. The number of carbonyl (C=O) groups excluding carboxylic acids is 1. The van der Waals surface area contributed by atoms with Crippen molar-refractivity contribution in [2.24, 2.45) is 0 Å². The van der Waals surface area contributed by atoms with Gasteiger partial charge < -0.3 is 4.74 Å². The molecule has 0 aliphatic heterocycles. The molecule has 3 heterocycles. The quantitative estimate of drug-likeness (QED) is 0.676. The van der Waals surface area contributed by atoms with Gasteiger partial charge in [-0.05, 0) is 12.1 Å². The Labute approximate surface area is 119 Å². The predicted octanol–water partition coefficient (Wildman–Crippen LogP) is 2.23. The average molecular weight is 289 g/mol. The van der Waals surface area contributed by atoms with E-state index in [0.29, 0.717) is 27.8 Å². The second-order valence-corrected chi connectivity index (χ2v) is 4.40. The third-order valence-electron chi connectivity index (χ3n) is 2.79. The van der Waals surface area contributed by atoms with Crippen LogP contribution in [-0.4, -0.2) is 32.4 Å². The molecule has 0 radical (unpaired) electrons. The third-order valence-corrected chi connectivity index (χ3v) is 2.98. The first kappa shape index (κ1) is 12.6. The molecule has 0 amide bonds. The van der Waals surface area contributed by atoms with Gasteiger partial charge in [0.25, 0.3) is 0 Å². The minimum Gasteiger partial charge on any atom is -0.465 e. The number of pyridine rings is 1. The van der Waals surface area contributed by atoms with E-state index >= 15 is 0 Å². The van der Waals surface area contributed by atoms with Gasteiger partial charge in [0.2, 0.25) is 0 Å². The minimum atomic E-state index is -0.413.